The Hall–Kier alpha value is -3.24. The van der Waals surface area contributed by atoms with Gasteiger partial charge >= 0.3 is 12.1 Å². The molecular formula is C17H17F3N4O4. The lowest BCUT2D eigenvalue weighted by molar-refractivity contribution is -0.274. The number of alkyl halides is 3. The maximum absolute atomic E-state index is 12.2. The molecule has 3 aromatic rings. The second-order valence-corrected chi connectivity index (χ2v) is 6.06. The van der Waals surface area contributed by atoms with Crippen LogP contribution < -0.4 is 20.7 Å². The molecule has 1 aromatic carbocycles. The molecule has 0 spiro atoms. The van der Waals surface area contributed by atoms with E-state index < -0.39 is 17.6 Å². The summed E-state index contributed by atoms with van der Waals surface area (Å²) in [5, 5.41) is 0. The van der Waals surface area contributed by atoms with Crippen LogP contribution in [0.2, 0.25) is 0 Å². The molecule has 0 unspecified atom stereocenters. The number of benzene rings is 1. The normalized spacial score (nSPS) is 11.8. The maximum atomic E-state index is 12.2. The Morgan fingerprint density at radius 2 is 1.86 bits per heavy atom. The maximum Gasteiger partial charge on any atom is 0.573 e. The van der Waals surface area contributed by atoms with E-state index in [1.54, 1.807) is 0 Å². The highest BCUT2D eigenvalue weighted by atomic mass is 19.4. The van der Waals surface area contributed by atoms with Gasteiger partial charge in [0.1, 0.15) is 22.8 Å². The third-order valence-electron chi connectivity index (χ3n) is 4.01. The van der Waals surface area contributed by atoms with Crippen molar-refractivity contribution in [3.63, 3.8) is 0 Å². The standard InChI is InChI=1S/C17H17F3N4O4/c1-23-14-13(15(25)24(2)16(23)26)21-12(22-14)7-4-8-27-10-5-3-6-11(9-10)28-17(18,19)20/h3,5-6,9H,4,7-8H2,1-2H3,(H,21,22). The van der Waals surface area contributed by atoms with Crippen molar-refractivity contribution in [1.82, 2.24) is 19.1 Å². The fourth-order valence-corrected chi connectivity index (χ4v) is 2.68. The molecule has 1 N–H and O–H groups in total. The summed E-state index contributed by atoms with van der Waals surface area (Å²) < 4.78 is 48.3. The number of rotatable bonds is 6. The monoisotopic (exact) mass is 398 g/mol. The van der Waals surface area contributed by atoms with Gasteiger partial charge in [-0.2, -0.15) is 0 Å². The largest absolute Gasteiger partial charge is 0.573 e. The van der Waals surface area contributed by atoms with Crippen molar-refractivity contribution < 1.29 is 22.6 Å². The predicted octanol–water partition coefficient (Wildman–Crippen LogP) is 1.87. The molecule has 0 aliphatic rings. The highest BCUT2D eigenvalue weighted by Gasteiger charge is 2.31. The number of halogens is 3. The predicted molar refractivity (Wildman–Crippen MR) is 93.5 cm³/mol. The molecule has 0 aliphatic heterocycles. The van der Waals surface area contributed by atoms with Crippen LogP contribution in [0.1, 0.15) is 12.2 Å². The Labute approximate surface area is 156 Å². The lowest BCUT2D eigenvalue weighted by Crippen LogP contribution is -2.36. The first kappa shape index (κ1) is 19.5. The van der Waals surface area contributed by atoms with Crippen LogP contribution in [-0.4, -0.2) is 32.1 Å². The fraction of sp³-hybridized carbons (Fsp3) is 0.353. The first-order valence-electron chi connectivity index (χ1n) is 8.29. The van der Waals surface area contributed by atoms with Crippen molar-refractivity contribution in [2.45, 2.75) is 19.2 Å². The molecule has 0 bridgehead atoms. The topological polar surface area (TPSA) is 91.1 Å². The quantitative estimate of drug-likeness (QED) is 0.640. The highest BCUT2D eigenvalue weighted by molar-refractivity contribution is 5.69. The van der Waals surface area contributed by atoms with Gasteiger partial charge in [-0.15, -0.1) is 13.2 Å². The smallest absolute Gasteiger partial charge is 0.493 e. The molecule has 0 saturated carbocycles. The highest BCUT2D eigenvalue weighted by Crippen LogP contribution is 2.26. The van der Waals surface area contributed by atoms with Crippen molar-refractivity contribution in [2.75, 3.05) is 6.61 Å². The average molecular weight is 398 g/mol. The van der Waals surface area contributed by atoms with Crippen LogP contribution in [0.25, 0.3) is 11.2 Å². The molecule has 11 heteroatoms. The number of aromatic amines is 1. The van der Waals surface area contributed by atoms with Gasteiger partial charge in [-0.25, -0.2) is 9.78 Å². The fourth-order valence-electron chi connectivity index (χ4n) is 2.68. The Bertz CT molecular complexity index is 1110. The van der Waals surface area contributed by atoms with Gasteiger partial charge in [0.05, 0.1) is 6.61 Å². The van der Waals surface area contributed by atoms with E-state index in [-0.39, 0.29) is 29.3 Å². The van der Waals surface area contributed by atoms with Crippen LogP contribution in [-0.2, 0) is 20.5 Å². The summed E-state index contributed by atoms with van der Waals surface area (Å²) in [6.45, 7) is 0.212. The zero-order valence-electron chi connectivity index (χ0n) is 15.0. The summed E-state index contributed by atoms with van der Waals surface area (Å²) >= 11 is 0. The van der Waals surface area contributed by atoms with Gasteiger partial charge in [0, 0.05) is 26.6 Å². The van der Waals surface area contributed by atoms with E-state index in [0.29, 0.717) is 18.7 Å². The lowest BCUT2D eigenvalue weighted by Gasteiger charge is -2.10. The SMILES string of the molecule is Cn1c(=O)c2[nH]c(CCCOc3cccc(OC(F)(F)F)c3)nc2n(C)c1=O. The summed E-state index contributed by atoms with van der Waals surface area (Å²) in [6.07, 6.45) is -3.86. The van der Waals surface area contributed by atoms with Gasteiger partial charge in [-0.1, -0.05) is 6.07 Å². The number of fused-ring (bicyclic) bond motifs is 1. The number of hydrogen-bond donors (Lipinski definition) is 1. The number of aryl methyl sites for hydroxylation is 2. The van der Waals surface area contributed by atoms with Crippen molar-refractivity contribution in [2.24, 2.45) is 14.1 Å². The molecule has 2 aromatic heterocycles. The molecule has 0 aliphatic carbocycles. The molecule has 3 rings (SSSR count). The van der Waals surface area contributed by atoms with E-state index in [4.69, 9.17) is 4.74 Å². The number of imidazole rings is 1. The van der Waals surface area contributed by atoms with E-state index in [2.05, 4.69) is 14.7 Å². The minimum absolute atomic E-state index is 0.212. The molecule has 8 nitrogen and oxygen atoms in total. The number of aromatic nitrogens is 4. The van der Waals surface area contributed by atoms with Crippen LogP contribution in [0, 0.1) is 0 Å². The van der Waals surface area contributed by atoms with Gasteiger partial charge in [0.25, 0.3) is 5.56 Å². The number of ether oxygens (including phenoxy) is 2. The Morgan fingerprint density at radius 1 is 1.14 bits per heavy atom. The van der Waals surface area contributed by atoms with Crippen LogP contribution >= 0.6 is 0 Å². The van der Waals surface area contributed by atoms with Crippen LogP contribution in [0.15, 0.2) is 33.9 Å². The van der Waals surface area contributed by atoms with Gasteiger partial charge in [0.15, 0.2) is 5.65 Å². The third kappa shape index (κ3) is 4.18. The summed E-state index contributed by atoms with van der Waals surface area (Å²) in [7, 11) is 2.91. The van der Waals surface area contributed by atoms with Gasteiger partial charge in [-0.3, -0.25) is 13.9 Å². The lowest BCUT2D eigenvalue weighted by atomic mass is 10.3. The number of nitrogens with zero attached hydrogens (tertiary/aromatic N) is 3. The molecule has 28 heavy (non-hydrogen) atoms. The average Bonchev–Trinajstić information content (AvgIpc) is 3.05. The van der Waals surface area contributed by atoms with E-state index in [1.165, 1.54) is 36.9 Å². The molecule has 150 valence electrons. The molecule has 2 heterocycles. The van der Waals surface area contributed by atoms with Gasteiger partial charge < -0.3 is 14.5 Å². The molecule has 0 saturated heterocycles. The minimum atomic E-state index is -4.77. The van der Waals surface area contributed by atoms with E-state index in [9.17, 15) is 22.8 Å². The van der Waals surface area contributed by atoms with Crippen molar-refractivity contribution >= 4 is 11.2 Å². The van der Waals surface area contributed by atoms with Crippen molar-refractivity contribution in [3.8, 4) is 11.5 Å². The molecule has 0 amide bonds. The van der Waals surface area contributed by atoms with Crippen LogP contribution in [0.4, 0.5) is 13.2 Å². The first-order valence-corrected chi connectivity index (χ1v) is 8.29. The Kier molecular flexibility index (Phi) is 5.16. The van der Waals surface area contributed by atoms with Gasteiger partial charge in [0.2, 0.25) is 0 Å². The van der Waals surface area contributed by atoms with E-state index in [0.717, 1.165) is 10.6 Å². The third-order valence-corrected chi connectivity index (χ3v) is 4.01. The number of nitrogens with one attached hydrogen (secondary N) is 1. The summed E-state index contributed by atoms with van der Waals surface area (Å²) in [5.41, 5.74) is -0.437. The number of hydrogen-bond acceptors (Lipinski definition) is 5. The van der Waals surface area contributed by atoms with E-state index in [1.807, 2.05) is 0 Å². The first-order chi connectivity index (χ1) is 13.2. The van der Waals surface area contributed by atoms with E-state index >= 15 is 0 Å². The molecular weight excluding hydrogens is 381 g/mol. The summed E-state index contributed by atoms with van der Waals surface area (Å²) in [5.74, 6) is 0.382. The van der Waals surface area contributed by atoms with Crippen LogP contribution in [0.3, 0.4) is 0 Å². The Morgan fingerprint density at radius 3 is 2.57 bits per heavy atom. The second-order valence-electron chi connectivity index (χ2n) is 6.06. The molecule has 0 atom stereocenters. The van der Waals surface area contributed by atoms with Gasteiger partial charge in [-0.05, 0) is 18.6 Å². The Balaban J connectivity index is 1.63. The minimum Gasteiger partial charge on any atom is -0.493 e. The van der Waals surface area contributed by atoms with Crippen molar-refractivity contribution in [3.05, 3.63) is 50.9 Å². The summed E-state index contributed by atoms with van der Waals surface area (Å²) in [6, 6.07) is 5.24. The zero-order chi connectivity index (χ0) is 20.5. The zero-order valence-corrected chi connectivity index (χ0v) is 15.0. The number of H-pyrrole nitrogens is 1. The van der Waals surface area contributed by atoms with Crippen molar-refractivity contribution in [1.29, 1.82) is 0 Å². The second kappa shape index (κ2) is 7.41. The molecule has 0 radical (unpaired) electrons. The van der Waals surface area contributed by atoms with Crippen LogP contribution in [0.5, 0.6) is 11.5 Å². The summed E-state index contributed by atoms with van der Waals surface area (Å²) in [4.78, 5) is 31.2. The molecule has 0 fully saturated rings.